The van der Waals surface area contributed by atoms with Crippen molar-refractivity contribution in [2.75, 3.05) is 18.0 Å². The minimum Gasteiger partial charge on any atom is -0.409 e. The Morgan fingerprint density at radius 2 is 2.21 bits per heavy atom. The molecule has 4 nitrogen and oxygen atoms in total. The van der Waals surface area contributed by atoms with Crippen molar-refractivity contribution >= 4 is 23.1 Å². The number of hydrogen-bond donors (Lipinski definition) is 2. The number of hydrogen-bond acceptors (Lipinski definition) is 3. The highest BCUT2D eigenvalue weighted by Gasteiger charge is 2.15. The Hall–Kier alpha value is -1.42. The lowest BCUT2D eigenvalue weighted by molar-refractivity contribution is 0.318. The van der Waals surface area contributed by atoms with E-state index in [0.29, 0.717) is 10.6 Å². The first-order chi connectivity index (χ1) is 9.11. The lowest BCUT2D eigenvalue weighted by Crippen LogP contribution is -2.24. The summed E-state index contributed by atoms with van der Waals surface area (Å²) < 4.78 is 0. The fourth-order valence-electron chi connectivity index (χ4n) is 2.48. The van der Waals surface area contributed by atoms with Gasteiger partial charge < -0.3 is 15.8 Å². The molecule has 0 radical (unpaired) electrons. The van der Waals surface area contributed by atoms with Crippen LogP contribution in [0.4, 0.5) is 5.69 Å². The molecule has 5 heteroatoms. The molecular formula is C14H20ClN3O. The number of nitrogens with zero attached hydrogens (tertiary/aromatic N) is 2. The van der Waals surface area contributed by atoms with Crippen molar-refractivity contribution in [3.63, 3.8) is 0 Å². The van der Waals surface area contributed by atoms with Crippen LogP contribution in [0.1, 0.15) is 31.7 Å². The Labute approximate surface area is 118 Å². The van der Waals surface area contributed by atoms with Gasteiger partial charge in [0.25, 0.3) is 0 Å². The molecule has 1 aliphatic rings. The van der Waals surface area contributed by atoms with Crippen molar-refractivity contribution < 1.29 is 5.21 Å². The van der Waals surface area contributed by atoms with Crippen LogP contribution in [0.25, 0.3) is 0 Å². The molecule has 0 saturated carbocycles. The van der Waals surface area contributed by atoms with E-state index in [1.807, 2.05) is 12.1 Å². The third kappa shape index (κ3) is 3.32. The first-order valence-corrected chi connectivity index (χ1v) is 7.02. The summed E-state index contributed by atoms with van der Waals surface area (Å²) in [7, 11) is 0. The van der Waals surface area contributed by atoms with E-state index < -0.39 is 0 Å². The number of oxime groups is 1. The van der Waals surface area contributed by atoms with Gasteiger partial charge in [-0.3, -0.25) is 0 Å². The Morgan fingerprint density at radius 3 is 2.89 bits per heavy atom. The molecular weight excluding hydrogens is 262 g/mol. The van der Waals surface area contributed by atoms with Crippen molar-refractivity contribution in [1.82, 2.24) is 0 Å². The summed E-state index contributed by atoms with van der Waals surface area (Å²) in [5.74, 6) is 0.831. The van der Waals surface area contributed by atoms with Crippen LogP contribution in [0.5, 0.6) is 0 Å². The number of rotatable bonds is 2. The van der Waals surface area contributed by atoms with Crippen LogP contribution in [0.2, 0.25) is 5.02 Å². The molecule has 0 bridgehead atoms. The average Bonchev–Trinajstić information content (AvgIpc) is 2.62. The SMILES string of the molecule is CC1CCCN(c2ccc(C(N)=NO)c(Cl)c2)CC1. The van der Waals surface area contributed by atoms with Crippen LogP contribution in [-0.2, 0) is 0 Å². The summed E-state index contributed by atoms with van der Waals surface area (Å²) in [6.07, 6.45) is 3.70. The molecule has 104 valence electrons. The molecule has 1 aromatic rings. The molecule has 0 spiro atoms. The number of halogens is 1. The zero-order valence-electron chi connectivity index (χ0n) is 11.1. The summed E-state index contributed by atoms with van der Waals surface area (Å²) in [4.78, 5) is 2.35. The maximum absolute atomic E-state index is 8.69. The summed E-state index contributed by atoms with van der Waals surface area (Å²) >= 11 is 6.19. The van der Waals surface area contributed by atoms with Gasteiger partial charge in [0.05, 0.1) is 5.02 Å². The quantitative estimate of drug-likeness (QED) is 0.379. The van der Waals surface area contributed by atoms with E-state index >= 15 is 0 Å². The second kappa shape index (κ2) is 6.15. The Balaban J connectivity index is 2.19. The van der Waals surface area contributed by atoms with Gasteiger partial charge in [0.2, 0.25) is 0 Å². The van der Waals surface area contributed by atoms with Gasteiger partial charge in [-0.15, -0.1) is 0 Å². The van der Waals surface area contributed by atoms with Gasteiger partial charge in [0, 0.05) is 24.3 Å². The van der Waals surface area contributed by atoms with E-state index in [1.165, 1.54) is 19.3 Å². The minimum atomic E-state index is 0.0426. The summed E-state index contributed by atoms with van der Waals surface area (Å²) in [6.45, 7) is 4.42. The molecule has 0 aliphatic carbocycles. The molecule has 1 aliphatic heterocycles. The van der Waals surface area contributed by atoms with Crippen LogP contribution >= 0.6 is 11.6 Å². The standard InChI is InChI=1S/C14H20ClN3O/c1-10-3-2-7-18(8-6-10)11-4-5-12(13(15)9-11)14(16)17-19/h4-5,9-10,19H,2-3,6-8H2,1H3,(H2,16,17). The molecule has 1 heterocycles. The Kier molecular flexibility index (Phi) is 4.53. The van der Waals surface area contributed by atoms with Crippen molar-refractivity contribution in [1.29, 1.82) is 0 Å². The highest BCUT2D eigenvalue weighted by Crippen LogP contribution is 2.27. The zero-order valence-corrected chi connectivity index (χ0v) is 11.9. The van der Waals surface area contributed by atoms with E-state index in [9.17, 15) is 0 Å². The van der Waals surface area contributed by atoms with Crippen molar-refractivity contribution in [3.05, 3.63) is 28.8 Å². The third-order valence-electron chi connectivity index (χ3n) is 3.72. The number of amidine groups is 1. The van der Waals surface area contributed by atoms with E-state index in [1.54, 1.807) is 6.07 Å². The van der Waals surface area contributed by atoms with Gasteiger partial charge in [0.15, 0.2) is 5.84 Å². The summed E-state index contributed by atoms with van der Waals surface area (Å²) in [5, 5.41) is 12.2. The average molecular weight is 282 g/mol. The minimum absolute atomic E-state index is 0.0426. The third-order valence-corrected chi connectivity index (χ3v) is 4.03. The first kappa shape index (κ1) is 14.0. The van der Waals surface area contributed by atoms with Gasteiger partial charge in [-0.05, 0) is 43.4 Å². The lowest BCUT2D eigenvalue weighted by Gasteiger charge is -2.23. The molecule has 0 amide bonds. The predicted molar refractivity (Wildman–Crippen MR) is 79.2 cm³/mol. The van der Waals surface area contributed by atoms with Crippen molar-refractivity contribution in [2.45, 2.75) is 26.2 Å². The first-order valence-electron chi connectivity index (χ1n) is 6.64. The van der Waals surface area contributed by atoms with Gasteiger partial charge in [-0.1, -0.05) is 23.7 Å². The van der Waals surface area contributed by atoms with Crippen LogP contribution < -0.4 is 10.6 Å². The monoisotopic (exact) mass is 281 g/mol. The Morgan fingerprint density at radius 1 is 1.42 bits per heavy atom. The number of anilines is 1. The molecule has 0 aromatic heterocycles. The van der Waals surface area contributed by atoms with Gasteiger partial charge >= 0.3 is 0 Å². The van der Waals surface area contributed by atoms with E-state index in [0.717, 1.165) is 24.7 Å². The topological polar surface area (TPSA) is 61.8 Å². The molecule has 2 rings (SSSR count). The second-order valence-corrected chi connectivity index (χ2v) is 5.58. The fourth-order valence-corrected chi connectivity index (χ4v) is 2.76. The van der Waals surface area contributed by atoms with E-state index in [4.69, 9.17) is 22.5 Å². The second-order valence-electron chi connectivity index (χ2n) is 5.17. The van der Waals surface area contributed by atoms with Crippen molar-refractivity contribution in [2.24, 2.45) is 16.8 Å². The van der Waals surface area contributed by atoms with Crippen LogP contribution in [0, 0.1) is 5.92 Å². The van der Waals surface area contributed by atoms with Crippen LogP contribution in [0.15, 0.2) is 23.4 Å². The number of nitrogens with two attached hydrogens (primary N) is 1. The lowest BCUT2D eigenvalue weighted by atomic mass is 10.0. The number of benzene rings is 1. The van der Waals surface area contributed by atoms with Crippen LogP contribution in [0.3, 0.4) is 0 Å². The normalized spacial score (nSPS) is 21.3. The van der Waals surface area contributed by atoms with E-state index in [-0.39, 0.29) is 5.84 Å². The summed E-state index contributed by atoms with van der Waals surface area (Å²) in [6, 6.07) is 5.68. The Bertz CT molecular complexity index is 476. The van der Waals surface area contributed by atoms with Crippen molar-refractivity contribution in [3.8, 4) is 0 Å². The molecule has 1 saturated heterocycles. The summed E-state index contributed by atoms with van der Waals surface area (Å²) in [5.41, 5.74) is 7.24. The largest absolute Gasteiger partial charge is 0.409 e. The van der Waals surface area contributed by atoms with E-state index in [2.05, 4.69) is 17.0 Å². The van der Waals surface area contributed by atoms with Crippen LogP contribution in [-0.4, -0.2) is 24.1 Å². The molecule has 1 aromatic carbocycles. The molecule has 19 heavy (non-hydrogen) atoms. The van der Waals surface area contributed by atoms with Gasteiger partial charge in [-0.2, -0.15) is 0 Å². The van der Waals surface area contributed by atoms with Gasteiger partial charge in [0.1, 0.15) is 0 Å². The molecule has 1 unspecified atom stereocenters. The molecule has 1 fully saturated rings. The van der Waals surface area contributed by atoms with Gasteiger partial charge in [-0.25, -0.2) is 0 Å². The maximum Gasteiger partial charge on any atom is 0.171 e. The molecule has 1 atom stereocenters. The predicted octanol–water partition coefficient (Wildman–Crippen LogP) is 3.06. The zero-order chi connectivity index (χ0) is 13.8. The highest BCUT2D eigenvalue weighted by atomic mass is 35.5. The molecule has 3 N–H and O–H groups in total. The maximum atomic E-state index is 8.69. The highest BCUT2D eigenvalue weighted by molar-refractivity contribution is 6.34. The fraction of sp³-hybridized carbons (Fsp3) is 0.500. The smallest absolute Gasteiger partial charge is 0.171 e.